The van der Waals surface area contributed by atoms with Gasteiger partial charge in [-0.1, -0.05) is 210 Å². The SMILES string of the molecule is CC1(C)c2ccc(-n3c4ccc(N(c5ccccc5)c5ccccc5)cc4c4cc(N(c5ccccc5)c5ccccc5)ccc43)cc2C(C)(C)c2ccc(-c3cc(-c4ccccc4)nc(-c4cc(-c5ccccc5)cc(-c5ccccc5)c4)c3)cc21. The first-order chi connectivity index (χ1) is 42.6. The molecule has 12 aromatic carbocycles. The molecule has 0 atom stereocenters. The number of para-hydroxylation sites is 4. The number of fused-ring (bicyclic) bond motifs is 5. The lowest BCUT2D eigenvalue weighted by molar-refractivity contribution is 0.520. The van der Waals surface area contributed by atoms with Crippen molar-refractivity contribution >= 4 is 55.9 Å². The van der Waals surface area contributed by atoms with Crippen molar-refractivity contribution in [1.29, 1.82) is 0 Å². The number of aromatic nitrogens is 2. The number of benzene rings is 12. The lowest BCUT2D eigenvalue weighted by atomic mass is 9.59. The fraction of sp³-hybridized carbons (Fsp3) is 0.0723. The van der Waals surface area contributed by atoms with E-state index in [0.717, 1.165) is 90.1 Å². The molecular formula is C83H64N4. The highest BCUT2D eigenvalue weighted by molar-refractivity contribution is 6.12. The Labute approximate surface area is 510 Å². The first-order valence-corrected chi connectivity index (χ1v) is 30.2. The highest BCUT2D eigenvalue weighted by Crippen LogP contribution is 2.52. The topological polar surface area (TPSA) is 24.3 Å². The lowest BCUT2D eigenvalue weighted by Crippen LogP contribution is -2.36. The van der Waals surface area contributed by atoms with Crippen molar-refractivity contribution in [3.63, 3.8) is 0 Å². The second-order valence-corrected chi connectivity index (χ2v) is 24.0. The van der Waals surface area contributed by atoms with Gasteiger partial charge in [0.2, 0.25) is 0 Å². The maximum absolute atomic E-state index is 5.47. The van der Waals surface area contributed by atoms with Gasteiger partial charge >= 0.3 is 0 Å². The summed E-state index contributed by atoms with van der Waals surface area (Å²) in [5, 5.41) is 2.35. The predicted octanol–water partition coefficient (Wildman–Crippen LogP) is 22.4. The van der Waals surface area contributed by atoms with Crippen LogP contribution in [0.25, 0.3) is 83.4 Å². The van der Waals surface area contributed by atoms with E-state index in [0.29, 0.717) is 0 Å². The van der Waals surface area contributed by atoms with Gasteiger partial charge in [0.15, 0.2) is 0 Å². The number of hydrogen-bond acceptors (Lipinski definition) is 3. The number of hydrogen-bond donors (Lipinski definition) is 0. The van der Waals surface area contributed by atoms with Crippen molar-refractivity contribution in [2.75, 3.05) is 9.80 Å². The van der Waals surface area contributed by atoms with Crippen LogP contribution in [0.2, 0.25) is 0 Å². The van der Waals surface area contributed by atoms with Gasteiger partial charge in [-0.15, -0.1) is 0 Å². The van der Waals surface area contributed by atoms with Crippen LogP contribution in [0.5, 0.6) is 0 Å². The van der Waals surface area contributed by atoms with E-state index < -0.39 is 0 Å². The van der Waals surface area contributed by atoms with Crippen LogP contribution in [0.1, 0.15) is 49.9 Å². The highest BCUT2D eigenvalue weighted by Gasteiger charge is 2.42. The monoisotopic (exact) mass is 1120 g/mol. The second kappa shape index (κ2) is 21.7. The highest BCUT2D eigenvalue weighted by atomic mass is 15.1. The largest absolute Gasteiger partial charge is 0.310 e. The van der Waals surface area contributed by atoms with Crippen molar-refractivity contribution < 1.29 is 0 Å². The Balaban J connectivity index is 0.870. The molecule has 0 unspecified atom stereocenters. The molecule has 416 valence electrons. The summed E-state index contributed by atoms with van der Waals surface area (Å²) < 4.78 is 2.49. The third-order valence-electron chi connectivity index (χ3n) is 18.0. The first kappa shape index (κ1) is 53.0. The van der Waals surface area contributed by atoms with Gasteiger partial charge in [-0.05, 0) is 189 Å². The molecule has 4 heteroatoms. The molecule has 0 amide bonds. The van der Waals surface area contributed by atoms with Crippen molar-refractivity contribution in [2.24, 2.45) is 0 Å². The zero-order valence-electron chi connectivity index (χ0n) is 49.3. The molecule has 0 fully saturated rings. The molecule has 14 aromatic rings. The second-order valence-electron chi connectivity index (χ2n) is 24.0. The summed E-state index contributed by atoms with van der Waals surface area (Å²) in [4.78, 5) is 10.2. The Bertz CT molecular complexity index is 4550. The smallest absolute Gasteiger partial charge is 0.0716 e. The Morgan fingerprint density at radius 2 is 0.609 bits per heavy atom. The molecule has 87 heavy (non-hydrogen) atoms. The van der Waals surface area contributed by atoms with E-state index in [1.54, 1.807) is 0 Å². The van der Waals surface area contributed by atoms with Gasteiger partial charge in [0, 0.05) is 72.5 Å². The van der Waals surface area contributed by atoms with Crippen LogP contribution in [-0.2, 0) is 10.8 Å². The molecule has 0 radical (unpaired) electrons. The van der Waals surface area contributed by atoms with E-state index in [1.807, 2.05) is 0 Å². The minimum Gasteiger partial charge on any atom is -0.310 e. The molecular weight excluding hydrogens is 1050 g/mol. The average Bonchev–Trinajstić information content (AvgIpc) is 1.71. The van der Waals surface area contributed by atoms with Gasteiger partial charge in [0.25, 0.3) is 0 Å². The summed E-state index contributed by atoms with van der Waals surface area (Å²) in [6.07, 6.45) is 0. The van der Waals surface area contributed by atoms with Crippen LogP contribution in [0.15, 0.2) is 315 Å². The van der Waals surface area contributed by atoms with Gasteiger partial charge in [-0.2, -0.15) is 0 Å². The molecule has 0 saturated carbocycles. The van der Waals surface area contributed by atoms with Crippen molar-refractivity contribution in [1.82, 2.24) is 9.55 Å². The molecule has 2 heterocycles. The summed E-state index contributed by atoms with van der Waals surface area (Å²) in [5.41, 5.74) is 25.7. The fourth-order valence-electron chi connectivity index (χ4n) is 13.5. The van der Waals surface area contributed by atoms with Crippen LogP contribution in [-0.4, -0.2) is 9.55 Å². The third-order valence-corrected chi connectivity index (χ3v) is 18.0. The maximum Gasteiger partial charge on any atom is 0.0716 e. The summed E-state index contributed by atoms with van der Waals surface area (Å²) in [6, 6.07) is 115. The van der Waals surface area contributed by atoms with Gasteiger partial charge in [-0.3, -0.25) is 0 Å². The predicted molar refractivity (Wildman–Crippen MR) is 366 cm³/mol. The zero-order chi connectivity index (χ0) is 58.6. The Hall–Kier alpha value is -10.8. The number of rotatable bonds is 12. The quantitative estimate of drug-likeness (QED) is 0.122. The van der Waals surface area contributed by atoms with Crippen LogP contribution >= 0.6 is 0 Å². The number of anilines is 6. The van der Waals surface area contributed by atoms with Crippen LogP contribution in [0, 0.1) is 0 Å². The van der Waals surface area contributed by atoms with Gasteiger partial charge in [-0.25, -0.2) is 4.98 Å². The third kappa shape index (κ3) is 9.57. The maximum atomic E-state index is 5.47. The van der Waals surface area contributed by atoms with E-state index in [2.05, 4.69) is 358 Å². The van der Waals surface area contributed by atoms with Crippen LogP contribution < -0.4 is 9.80 Å². The van der Waals surface area contributed by atoms with Crippen LogP contribution in [0.3, 0.4) is 0 Å². The van der Waals surface area contributed by atoms with E-state index in [1.165, 1.54) is 49.7 Å². The molecule has 4 nitrogen and oxygen atoms in total. The molecule has 0 saturated heterocycles. The average molecular weight is 1120 g/mol. The molecule has 0 N–H and O–H groups in total. The fourth-order valence-corrected chi connectivity index (χ4v) is 13.5. The summed E-state index contributed by atoms with van der Waals surface area (Å²) in [7, 11) is 0. The van der Waals surface area contributed by atoms with E-state index in [4.69, 9.17) is 4.98 Å². The lowest BCUT2D eigenvalue weighted by Gasteiger charge is -2.44. The molecule has 0 bridgehead atoms. The summed E-state index contributed by atoms with van der Waals surface area (Å²) in [5.74, 6) is 0. The van der Waals surface area contributed by atoms with Crippen molar-refractivity contribution in [2.45, 2.75) is 38.5 Å². The number of nitrogens with zero attached hydrogens (tertiary/aromatic N) is 4. The van der Waals surface area contributed by atoms with E-state index in [9.17, 15) is 0 Å². The number of pyridine rings is 1. The van der Waals surface area contributed by atoms with E-state index in [-0.39, 0.29) is 10.8 Å². The Kier molecular flexibility index (Phi) is 13.2. The van der Waals surface area contributed by atoms with Gasteiger partial charge in [0.05, 0.1) is 22.4 Å². The summed E-state index contributed by atoms with van der Waals surface area (Å²) >= 11 is 0. The van der Waals surface area contributed by atoms with Gasteiger partial charge in [0.1, 0.15) is 0 Å². The van der Waals surface area contributed by atoms with Crippen LogP contribution in [0.4, 0.5) is 34.1 Å². The van der Waals surface area contributed by atoms with Gasteiger partial charge < -0.3 is 14.4 Å². The van der Waals surface area contributed by atoms with Crippen molar-refractivity contribution in [3.8, 4) is 61.6 Å². The minimum atomic E-state index is -0.337. The summed E-state index contributed by atoms with van der Waals surface area (Å²) in [6.45, 7) is 9.66. The molecule has 2 aromatic heterocycles. The van der Waals surface area contributed by atoms with E-state index >= 15 is 0 Å². The van der Waals surface area contributed by atoms with Crippen molar-refractivity contribution in [3.05, 3.63) is 338 Å². The molecule has 15 rings (SSSR count). The molecule has 0 spiro atoms. The Morgan fingerprint density at radius 1 is 0.253 bits per heavy atom. The minimum absolute atomic E-state index is 0.331. The normalized spacial score (nSPS) is 13.0. The molecule has 1 aliphatic rings. The Morgan fingerprint density at radius 3 is 1.05 bits per heavy atom. The zero-order valence-corrected chi connectivity index (χ0v) is 49.3. The molecule has 1 aliphatic carbocycles. The standard InChI is InChI=1S/C83H64N4/c1-82(2)75-45-41-71(87-80-46-42-69(85(65-32-18-8-19-33-65)66-34-20-9-21-35-66)54-72(80)73-55-70(43-47-81(73)87)86(67-36-22-10-23-37-67)68-38-24-11-25-39-68)56-77(75)83(3,4)74-44-40-60(51-76(74)82)63-52-78(59-30-16-7-17-31-59)84-79(53-63)64-49-61(57-26-12-5-13-27-57)48-62(50-64)58-28-14-6-15-29-58/h5-56H,1-4H3. The molecule has 0 aliphatic heterocycles. The first-order valence-electron chi connectivity index (χ1n) is 30.2.